The fourth-order valence-corrected chi connectivity index (χ4v) is 1.84. The molecule has 0 fully saturated rings. The fourth-order valence-electron chi connectivity index (χ4n) is 0.354. The first-order chi connectivity index (χ1) is 2.91. The molecule has 0 aliphatic rings. The molecule has 0 aliphatic carbocycles. The molecule has 38 valence electrons. The van der Waals surface area contributed by atoms with E-state index in [2.05, 4.69) is 13.8 Å². The van der Waals surface area contributed by atoms with Gasteiger partial charge in [0, 0.05) is 0 Å². The summed E-state index contributed by atoms with van der Waals surface area (Å²) in [5.41, 5.74) is 0. The average Bonchev–Trinajstić information content (AvgIpc) is 1.61. The van der Waals surface area contributed by atoms with E-state index in [0.717, 1.165) is 0 Å². The third-order valence-corrected chi connectivity index (χ3v) is 3.52. The van der Waals surface area contributed by atoms with E-state index >= 15 is 0 Å². The number of hydrogen-bond acceptors (Lipinski definition) is 0. The van der Waals surface area contributed by atoms with Gasteiger partial charge in [0.2, 0.25) is 0 Å². The molecule has 0 saturated heterocycles. The first kappa shape index (κ1) is 6.56. The summed E-state index contributed by atoms with van der Waals surface area (Å²) >= 11 is 0.521. The molecule has 0 amide bonds. The van der Waals surface area contributed by atoms with E-state index in [1.54, 1.807) is 0 Å². The molecule has 0 heterocycles. The van der Waals surface area contributed by atoms with Crippen LogP contribution in [0.4, 0.5) is 0 Å². The summed E-state index contributed by atoms with van der Waals surface area (Å²) in [6, 6.07) is 0. The van der Waals surface area contributed by atoms with Gasteiger partial charge in [-0.15, -0.1) is 0 Å². The minimum atomic E-state index is 0.521. The van der Waals surface area contributed by atoms with Crippen LogP contribution in [-0.2, 0) is 0 Å². The Balaban J connectivity index is 2.34. The summed E-state index contributed by atoms with van der Waals surface area (Å²) < 4.78 is 0. The van der Waals surface area contributed by atoms with Crippen LogP contribution in [0.15, 0.2) is 0 Å². The van der Waals surface area contributed by atoms with Crippen LogP contribution in [0.1, 0.15) is 20.3 Å². The van der Waals surface area contributed by atoms with E-state index in [0.29, 0.717) is 15.8 Å². The van der Waals surface area contributed by atoms with E-state index in [4.69, 9.17) is 0 Å². The number of hydrogen-bond donors (Lipinski definition) is 0. The van der Waals surface area contributed by atoms with Gasteiger partial charge in [-0.25, -0.2) is 0 Å². The molecule has 0 nitrogen and oxygen atoms in total. The number of rotatable bonds is 3. The Morgan fingerprint density at radius 1 is 1.33 bits per heavy atom. The van der Waals surface area contributed by atoms with Gasteiger partial charge in [-0.1, -0.05) is 0 Å². The van der Waals surface area contributed by atoms with Crippen molar-refractivity contribution >= 4 is 15.8 Å². The van der Waals surface area contributed by atoms with Crippen molar-refractivity contribution in [1.29, 1.82) is 0 Å². The normalized spacial score (nSPS) is 11.0. The van der Waals surface area contributed by atoms with Crippen molar-refractivity contribution in [2.24, 2.45) is 0 Å². The average molecular weight is 148 g/mol. The molecule has 0 bridgehead atoms. The molecule has 6 heavy (non-hydrogen) atoms. The molecule has 0 aliphatic heterocycles. The summed E-state index contributed by atoms with van der Waals surface area (Å²) in [6.45, 7) is 4.55. The van der Waals surface area contributed by atoms with Crippen molar-refractivity contribution in [3.05, 3.63) is 0 Å². The maximum atomic E-state index is 2.29. The summed E-state index contributed by atoms with van der Waals surface area (Å²) in [7, 11) is 0. The maximum absolute atomic E-state index is 2.29. The van der Waals surface area contributed by atoms with Crippen LogP contribution in [0.25, 0.3) is 0 Å². The first-order valence-electron chi connectivity index (χ1n) is 2.62. The summed E-state index contributed by atoms with van der Waals surface area (Å²) in [5, 5.41) is 3.02. The Labute approximate surface area is 47.0 Å². The van der Waals surface area contributed by atoms with Gasteiger partial charge in [-0.05, 0) is 0 Å². The van der Waals surface area contributed by atoms with E-state index in [9.17, 15) is 0 Å². The molecule has 0 aromatic carbocycles. The van der Waals surface area contributed by atoms with E-state index < -0.39 is 0 Å². The summed E-state index contributed by atoms with van der Waals surface area (Å²) in [4.78, 5) is 0. The zero-order valence-electron chi connectivity index (χ0n) is 4.62. The molecule has 1 unspecified atom stereocenters. The van der Waals surface area contributed by atoms with Crippen LogP contribution >= 0.6 is 0 Å². The van der Waals surface area contributed by atoms with Crippen molar-refractivity contribution in [2.75, 3.05) is 0 Å². The van der Waals surface area contributed by atoms with Gasteiger partial charge in [0.05, 0.1) is 0 Å². The Morgan fingerprint density at radius 2 is 2.00 bits per heavy atom. The van der Waals surface area contributed by atoms with Gasteiger partial charge < -0.3 is 0 Å². The van der Waals surface area contributed by atoms with Crippen LogP contribution in [0, 0.1) is 0 Å². The first-order valence-corrected chi connectivity index (χ1v) is 5.59. The van der Waals surface area contributed by atoms with Crippen molar-refractivity contribution in [3.63, 3.8) is 0 Å². The van der Waals surface area contributed by atoms with Crippen LogP contribution in [-0.4, -0.2) is 15.8 Å². The van der Waals surface area contributed by atoms with Crippen molar-refractivity contribution in [1.82, 2.24) is 0 Å². The van der Waals surface area contributed by atoms with Gasteiger partial charge in [0.25, 0.3) is 0 Å². The van der Waals surface area contributed by atoms with E-state index in [1.165, 1.54) is 16.8 Å². The van der Waals surface area contributed by atoms with Gasteiger partial charge in [0.1, 0.15) is 0 Å². The molecule has 0 aromatic heterocycles. The third-order valence-electron chi connectivity index (χ3n) is 0.677. The summed E-state index contributed by atoms with van der Waals surface area (Å²) in [5.74, 6) is 0. The quantitative estimate of drug-likeness (QED) is 0.422. The molecule has 0 spiro atoms. The topological polar surface area (TPSA) is 0 Å². The van der Waals surface area contributed by atoms with Gasteiger partial charge in [-0.3, -0.25) is 0 Å². The van der Waals surface area contributed by atoms with Gasteiger partial charge in [0.15, 0.2) is 0 Å². The third kappa shape index (κ3) is 4.56. The molecule has 0 saturated carbocycles. The van der Waals surface area contributed by atoms with Crippen LogP contribution in [0.2, 0.25) is 10.4 Å². The molecular formula is C5H13As. The molecule has 1 heteroatoms. The zero-order chi connectivity index (χ0) is 4.83. The van der Waals surface area contributed by atoms with Crippen LogP contribution in [0.3, 0.4) is 0 Å². The second kappa shape index (κ2) is 5.56. The van der Waals surface area contributed by atoms with Crippen LogP contribution < -0.4 is 0 Å². The summed E-state index contributed by atoms with van der Waals surface area (Å²) in [6.07, 6.45) is 1.41. The van der Waals surface area contributed by atoms with E-state index in [-0.39, 0.29) is 0 Å². The minimum absolute atomic E-state index is 0.521. The van der Waals surface area contributed by atoms with Crippen LogP contribution in [0.5, 0.6) is 0 Å². The Kier molecular flexibility index (Phi) is 6.08. The fraction of sp³-hybridized carbons (Fsp3) is 1.00. The van der Waals surface area contributed by atoms with E-state index in [1.807, 2.05) is 0 Å². The second-order valence-electron chi connectivity index (χ2n) is 1.35. The molecule has 0 rings (SSSR count). The zero-order valence-corrected chi connectivity index (χ0v) is 6.72. The van der Waals surface area contributed by atoms with Gasteiger partial charge in [-0.2, -0.15) is 0 Å². The van der Waals surface area contributed by atoms with Gasteiger partial charge >= 0.3 is 46.4 Å². The Bertz CT molecular complexity index is 15.9. The molecule has 1 atom stereocenters. The second-order valence-corrected chi connectivity index (χ2v) is 4.94. The Morgan fingerprint density at radius 3 is 2.17 bits per heavy atom. The SMILES string of the molecule is CCC[AsH]CC. The molecular weight excluding hydrogens is 135 g/mol. The van der Waals surface area contributed by atoms with Crippen molar-refractivity contribution in [3.8, 4) is 0 Å². The molecule has 0 aromatic rings. The monoisotopic (exact) mass is 148 g/mol. The standard InChI is InChI=1S/C5H13As/c1-3-5-6-4-2/h6H,3-5H2,1-2H3. The van der Waals surface area contributed by atoms with Crippen molar-refractivity contribution in [2.45, 2.75) is 30.7 Å². The molecule has 0 N–H and O–H groups in total. The molecule has 0 radical (unpaired) electrons. The van der Waals surface area contributed by atoms with Crippen molar-refractivity contribution < 1.29 is 0 Å². The Hall–Kier alpha value is 0.558. The predicted molar refractivity (Wildman–Crippen MR) is 32.7 cm³/mol. The predicted octanol–water partition coefficient (Wildman–Crippen LogP) is 1.69.